The molecule has 0 aromatic carbocycles. The van der Waals surface area contributed by atoms with Crippen molar-refractivity contribution in [2.45, 2.75) is 40.2 Å². The summed E-state index contributed by atoms with van der Waals surface area (Å²) in [6, 6.07) is 1.95. The number of aliphatic imine (C=N–C) groups is 1. The van der Waals surface area contributed by atoms with E-state index in [-0.39, 0.29) is 0 Å². The molecular formula is C15H29N5. The molecule has 2 N–H and O–H groups in total. The Bertz CT molecular complexity index is 368. The highest BCUT2D eigenvalue weighted by molar-refractivity contribution is 5.79. The van der Waals surface area contributed by atoms with Crippen LogP contribution in [-0.2, 0) is 6.54 Å². The first-order chi connectivity index (χ1) is 9.69. The number of hydrogen-bond donors (Lipinski definition) is 2. The van der Waals surface area contributed by atoms with Crippen molar-refractivity contribution in [3.63, 3.8) is 0 Å². The zero-order valence-electron chi connectivity index (χ0n) is 13.3. The van der Waals surface area contributed by atoms with E-state index >= 15 is 0 Å². The van der Waals surface area contributed by atoms with E-state index in [1.165, 1.54) is 12.8 Å². The first kappa shape index (κ1) is 16.5. The molecule has 5 nitrogen and oxygen atoms in total. The van der Waals surface area contributed by atoms with Gasteiger partial charge in [-0.15, -0.1) is 0 Å². The van der Waals surface area contributed by atoms with Crippen LogP contribution in [0.4, 0.5) is 0 Å². The molecule has 0 saturated carbocycles. The van der Waals surface area contributed by atoms with Crippen molar-refractivity contribution in [1.82, 2.24) is 20.4 Å². The summed E-state index contributed by atoms with van der Waals surface area (Å²) < 4.78 is 1.97. The molecule has 0 bridgehead atoms. The van der Waals surface area contributed by atoms with Crippen LogP contribution in [0.3, 0.4) is 0 Å². The predicted molar refractivity (Wildman–Crippen MR) is 84.8 cm³/mol. The Morgan fingerprint density at radius 3 is 2.50 bits per heavy atom. The van der Waals surface area contributed by atoms with E-state index in [4.69, 9.17) is 0 Å². The number of rotatable bonds is 8. The lowest BCUT2D eigenvalue weighted by atomic mass is 10.0. The van der Waals surface area contributed by atoms with Crippen LogP contribution in [0.15, 0.2) is 23.5 Å². The van der Waals surface area contributed by atoms with Crippen molar-refractivity contribution in [2.75, 3.05) is 20.1 Å². The summed E-state index contributed by atoms with van der Waals surface area (Å²) in [7, 11) is 1.82. The van der Waals surface area contributed by atoms with Gasteiger partial charge in [0, 0.05) is 39.1 Å². The van der Waals surface area contributed by atoms with Gasteiger partial charge in [0.1, 0.15) is 0 Å². The summed E-state index contributed by atoms with van der Waals surface area (Å²) in [5.74, 6) is 2.11. The summed E-state index contributed by atoms with van der Waals surface area (Å²) in [4.78, 5) is 4.27. The lowest BCUT2D eigenvalue weighted by Crippen LogP contribution is -2.41. The average molecular weight is 279 g/mol. The average Bonchev–Trinajstić information content (AvgIpc) is 2.96. The Balaban J connectivity index is 2.27. The molecule has 1 unspecified atom stereocenters. The fourth-order valence-corrected chi connectivity index (χ4v) is 2.10. The Hall–Kier alpha value is -1.52. The molecule has 1 heterocycles. The van der Waals surface area contributed by atoms with Crippen LogP contribution in [0.1, 0.15) is 33.6 Å². The van der Waals surface area contributed by atoms with E-state index in [9.17, 15) is 0 Å². The zero-order valence-corrected chi connectivity index (χ0v) is 13.3. The SMILES string of the molecule is CCC(CC)CNC(=NC)NCC(C)Cn1cccn1. The van der Waals surface area contributed by atoms with Crippen molar-refractivity contribution >= 4 is 5.96 Å². The molecule has 1 aromatic rings. The molecule has 0 aliphatic rings. The molecule has 0 radical (unpaired) electrons. The standard InChI is InChI=1S/C15H29N5/c1-5-14(6-2)11-18-15(16-4)17-10-13(3)12-20-9-7-8-19-20/h7-9,13-14H,5-6,10-12H2,1-4H3,(H2,16,17,18). The Morgan fingerprint density at radius 2 is 1.95 bits per heavy atom. The lowest BCUT2D eigenvalue weighted by Gasteiger charge is -2.18. The molecule has 0 aliphatic carbocycles. The molecule has 5 heteroatoms. The highest BCUT2D eigenvalue weighted by Gasteiger charge is 2.07. The van der Waals surface area contributed by atoms with Gasteiger partial charge in [0.05, 0.1) is 0 Å². The topological polar surface area (TPSA) is 54.2 Å². The van der Waals surface area contributed by atoms with Crippen LogP contribution in [0, 0.1) is 11.8 Å². The third-order valence-electron chi connectivity index (χ3n) is 3.61. The zero-order chi connectivity index (χ0) is 14.8. The smallest absolute Gasteiger partial charge is 0.190 e. The summed E-state index contributed by atoms with van der Waals surface area (Å²) in [6.07, 6.45) is 6.22. The molecule has 1 atom stereocenters. The number of hydrogen-bond acceptors (Lipinski definition) is 2. The van der Waals surface area contributed by atoms with E-state index in [1.807, 2.05) is 30.2 Å². The lowest BCUT2D eigenvalue weighted by molar-refractivity contribution is 0.440. The Morgan fingerprint density at radius 1 is 1.25 bits per heavy atom. The molecule has 0 fully saturated rings. The molecule has 0 amide bonds. The van der Waals surface area contributed by atoms with Crippen molar-refractivity contribution in [3.8, 4) is 0 Å². The van der Waals surface area contributed by atoms with Gasteiger partial charge >= 0.3 is 0 Å². The van der Waals surface area contributed by atoms with Crippen LogP contribution < -0.4 is 10.6 Å². The monoisotopic (exact) mass is 279 g/mol. The first-order valence-electron chi connectivity index (χ1n) is 7.61. The van der Waals surface area contributed by atoms with Gasteiger partial charge in [-0.3, -0.25) is 9.67 Å². The minimum atomic E-state index is 0.501. The van der Waals surface area contributed by atoms with Crippen molar-refractivity contribution in [2.24, 2.45) is 16.8 Å². The second-order valence-electron chi connectivity index (χ2n) is 5.35. The first-order valence-corrected chi connectivity index (χ1v) is 7.61. The van der Waals surface area contributed by atoms with Crippen molar-refractivity contribution < 1.29 is 0 Å². The number of nitrogens with one attached hydrogen (secondary N) is 2. The van der Waals surface area contributed by atoms with Crippen LogP contribution in [0.2, 0.25) is 0 Å². The fourth-order valence-electron chi connectivity index (χ4n) is 2.10. The predicted octanol–water partition coefficient (Wildman–Crippen LogP) is 2.12. The maximum absolute atomic E-state index is 4.27. The van der Waals surface area contributed by atoms with E-state index in [1.54, 1.807) is 0 Å². The van der Waals surface area contributed by atoms with Gasteiger partial charge < -0.3 is 10.6 Å². The number of aromatic nitrogens is 2. The largest absolute Gasteiger partial charge is 0.356 e. The third-order valence-corrected chi connectivity index (χ3v) is 3.61. The van der Waals surface area contributed by atoms with Crippen LogP contribution in [0.25, 0.3) is 0 Å². The molecular weight excluding hydrogens is 250 g/mol. The fraction of sp³-hybridized carbons (Fsp3) is 0.733. The quantitative estimate of drug-likeness (QED) is 0.566. The minimum Gasteiger partial charge on any atom is -0.356 e. The molecule has 0 spiro atoms. The summed E-state index contributed by atoms with van der Waals surface area (Å²) in [5.41, 5.74) is 0. The molecule has 0 aliphatic heterocycles. The van der Waals surface area contributed by atoms with E-state index in [0.29, 0.717) is 5.92 Å². The summed E-state index contributed by atoms with van der Waals surface area (Å²) in [5, 5.41) is 11.0. The van der Waals surface area contributed by atoms with Gasteiger partial charge in [0.2, 0.25) is 0 Å². The van der Waals surface area contributed by atoms with E-state index in [0.717, 1.165) is 31.5 Å². The van der Waals surface area contributed by atoms with Gasteiger partial charge in [0.25, 0.3) is 0 Å². The third kappa shape index (κ3) is 6.08. The minimum absolute atomic E-state index is 0.501. The summed E-state index contributed by atoms with van der Waals surface area (Å²) >= 11 is 0. The van der Waals surface area contributed by atoms with E-state index < -0.39 is 0 Å². The maximum atomic E-state index is 4.27. The molecule has 0 saturated heterocycles. The van der Waals surface area contributed by atoms with Crippen LogP contribution >= 0.6 is 0 Å². The second kappa shape index (κ2) is 9.39. The Kier molecular flexibility index (Phi) is 7.77. The number of nitrogens with zero attached hydrogens (tertiary/aromatic N) is 3. The molecule has 1 aromatic heterocycles. The van der Waals surface area contributed by atoms with Gasteiger partial charge in [0.15, 0.2) is 5.96 Å². The molecule has 114 valence electrons. The Labute approximate surface area is 122 Å². The normalized spacial score (nSPS) is 13.6. The van der Waals surface area contributed by atoms with Crippen molar-refractivity contribution in [3.05, 3.63) is 18.5 Å². The molecule has 20 heavy (non-hydrogen) atoms. The highest BCUT2D eigenvalue weighted by Crippen LogP contribution is 2.04. The highest BCUT2D eigenvalue weighted by atomic mass is 15.3. The van der Waals surface area contributed by atoms with Gasteiger partial charge in [-0.2, -0.15) is 5.10 Å². The summed E-state index contributed by atoms with van der Waals surface area (Å²) in [6.45, 7) is 9.48. The van der Waals surface area contributed by atoms with Gasteiger partial charge in [-0.1, -0.05) is 33.6 Å². The van der Waals surface area contributed by atoms with Crippen molar-refractivity contribution in [1.29, 1.82) is 0 Å². The number of guanidine groups is 1. The van der Waals surface area contributed by atoms with Crippen LogP contribution in [0.5, 0.6) is 0 Å². The van der Waals surface area contributed by atoms with E-state index in [2.05, 4.69) is 41.5 Å². The van der Waals surface area contributed by atoms with Crippen LogP contribution in [-0.4, -0.2) is 35.9 Å². The molecule has 1 rings (SSSR count). The van der Waals surface area contributed by atoms with Gasteiger partial charge in [-0.25, -0.2) is 0 Å². The second-order valence-corrected chi connectivity index (χ2v) is 5.35. The maximum Gasteiger partial charge on any atom is 0.190 e. The van der Waals surface area contributed by atoms with Gasteiger partial charge in [-0.05, 0) is 17.9 Å².